The van der Waals surface area contributed by atoms with E-state index in [1.54, 1.807) is 0 Å². The number of ether oxygens (including phenoxy) is 1. The van der Waals surface area contributed by atoms with Crippen LogP contribution in [0.15, 0.2) is 24.3 Å². The van der Waals surface area contributed by atoms with E-state index in [1.165, 1.54) is 44.9 Å². The van der Waals surface area contributed by atoms with Gasteiger partial charge in [0.05, 0.1) is 23.3 Å². The van der Waals surface area contributed by atoms with Gasteiger partial charge in [-0.2, -0.15) is 5.26 Å². The Hall–Kier alpha value is -1.53. The number of nitriles is 1. The predicted octanol–water partition coefficient (Wildman–Crippen LogP) is 3.88. The van der Waals surface area contributed by atoms with Crippen molar-refractivity contribution in [3.05, 3.63) is 29.8 Å². The van der Waals surface area contributed by atoms with Crippen molar-refractivity contribution < 1.29 is 4.74 Å². The van der Waals surface area contributed by atoms with E-state index in [-0.39, 0.29) is 5.60 Å². The Morgan fingerprint density at radius 1 is 1.29 bits per heavy atom. The van der Waals surface area contributed by atoms with Crippen molar-refractivity contribution in [2.24, 2.45) is 0 Å². The van der Waals surface area contributed by atoms with Crippen molar-refractivity contribution in [3.63, 3.8) is 0 Å². The van der Waals surface area contributed by atoms with Crippen LogP contribution < -0.4 is 4.90 Å². The highest BCUT2D eigenvalue weighted by Gasteiger charge is 2.40. The summed E-state index contributed by atoms with van der Waals surface area (Å²) in [6, 6.07) is 10.0. The Morgan fingerprint density at radius 3 is 2.86 bits per heavy atom. The lowest BCUT2D eigenvalue weighted by Gasteiger charge is -2.34. The number of rotatable bonds is 3. The predicted molar refractivity (Wildman–Crippen MR) is 84.4 cm³/mol. The number of hydrogen-bond acceptors (Lipinski definition) is 3. The molecule has 112 valence electrons. The summed E-state index contributed by atoms with van der Waals surface area (Å²) in [6.07, 6.45) is 9.25. The Morgan fingerprint density at radius 2 is 2.10 bits per heavy atom. The molecule has 3 heteroatoms. The highest BCUT2D eigenvalue weighted by atomic mass is 16.5. The average molecular weight is 284 g/mol. The van der Waals surface area contributed by atoms with Crippen LogP contribution in [-0.4, -0.2) is 25.3 Å². The Labute approximate surface area is 127 Å². The maximum absolute atomic E-state index is 9.00. The normalized spacial score (nSPS) is 23.9. The van der Waals surface area contributed by atoms with Gasteiger partial charge in [-0.1, -0.05) is 25.3 Å². The maximum atomic E-state index is 9.00. The molecule has 3 nitrogen and oxygen atoms in total. The van der Waals surface area contributed by atoms with Crippen molar-refractivity contribution in [1.82, 2.24) is 0 Å². The zero-order valence-corrected chi connectivity index (χ0v) is 12.8. The summed E-state index contributed by atoms with van der Waals surface area (Å²) in [6.45, 7) is 0.913. The second-order valence-corrected chi connectivity index (χ2v) is 6.56. The molecule has 2 fully saturated rings. The van der Waals surface area contributed by atoms with Crippen LogP contribution in [0, 0.1) is 11.3 Å². The van der Waals surface area contributed by atoms with Gasteiger partial charge in [-0.25, -0.2) is 0 Å². The summed E-state index contributed by atoms with van der Waals surface area (Å²) < 4.78 is 6.43. The first kappa shape index (κ1) is 14.4. The number of benzene rings is 1. The third-order valence-corrected chi connectivity index (χ3v) is 5.00. The quantitative estimate of drug-likeness (QED) is 0.845. The highest BCUT2D eigenvalue weighted by molar-refractivity contribution is 5.50. The fourth-order valence-electron chi connectivity index (χ4n) is 3.81. The minimum Gasteiger partial charge on any atom is -0.372 e. The van der Waals surface area contributed by atoms with E-state index in [1.807, 2.05) is 18.2 Å². The molecule has 1 aromatic rings. The van der Waals surface area contributed by atoms with Crippen LogP contribution in [0.3, 0.4) is 0 Å². The summed E-state index contributed by atoms with van der Waals surface area (Å²) >= 11 is 0. The summed E-state index contributed by atoms with van der Waals surface area (Å²) in [7, 11) is 2.09. The van der Waals surface area contributed by atoms with Gasteiger partial charge in [0.15, 0.2) is 0 Å². The first-order valence-electron chi connectivity index (χ1n) is 8.10. The lowest BCUT2D eigenvalue weighted by Crippen LogP contribution is -2.35. The molecule has 1 aromatic carbocycles. The summed E-state index contributed by atoms with van der Waals surface area (Å²) in [5, 5.41) is 9.00. The molecule has 1 saturated carbocycles. The second-order valence-electron chi connectivity index (χ2n) is 6.56. The monoisotopic (exact) mass is 284 g/mol. The summed E-state index contributed by atoms with van der Waals surface area (Å²) in [5.41, 5.74) is 2.01. The van der Waals surface area contributed by atoms with E-state index in [4.69, 9.17) is 10.00 Å². The topological polar surface area (TPSA) is 36.3 Å². The molecule has 1 unspecified atom stereocenters. The number of nitrogens with zero attached hydrogens (tertiary/aromatic N) is 2. The van der Waals surface area contributed by atoms with E-state index < -0.39 is 0 Å². The van der Waals surface area contributed by atoms with Crippen LogP contribution in [0.25, 0.3) is 0 Å². The fourth-order valence-corrected chi connectivity index (χ4v) is 3.81. The molecule has 3 rings (SSSR count). The highest BCUT2D eigenvalue weighted by Crippen LogP contribution is 2.42. The SMILES string of the molecule is CN(CC1CCC2(CCCCC2)O1)c1cccc(C#N)c1. The third kappa shape index (κ3) is 3.22. The summed E-state index contributed by atoms with van der Waals surface area (Å²) in [4.78, 5) is 2.22. The molecule has 1 heterocycles. The van der Waals surface area contributed by atoms with Gasteiger partial charge in [-0.15, -0.1) is 0 Å². The van der Waals surface area contributed by atoms with Crippen molar-refractivity contribution >= 4 is 5.69 Å². The van der Waals surface area contributed by atoms with E-state index in [0.29, 0.717) is 6.10 Å². The smallest absolute Gasteiger partial charge is 0.0992 e. The molecule has 0 aromatic heterocycles. The van der Waals surface area contributed by atoms with Crippen LogP contribution in [0.2, 0.25) is 0 Å². The summed E-state index contributed by atoms with van der Waals surface area (Å²) in [5.74, 6) is 0. The molecule has 2 aliphatic rings. The lowest BCUT2D eigenvalue weighted by atomic mass is 9.83. The third-order valence-electron chi connectivity index (χ3n) is 5.00. The minimum atomic E-state index is 0.193. The zero-order chi connectivity index (χ0) is 14.7. The molecule has 0 N–H and O–H groups in total. The molecule has 1 saturated heterocycles. The average Bonchev–Trinajstić information content (AvgIpc) is 2.90. The number of anilines is 1. The van der Waals surface area contributed by atoms with Crippen molar-refractivity contribution in [3.8, 4) is 6.07 Å². The molecule has 1 aliphatic carbocycles. The van der Waals surface area contributed by atoms with E-state index in [0.717, 1.165) is 17.8 Å². The van der Waals surface area contributed by atoms with Gasteiger partial charge in [0.25, 0.3) is 0 Å². The van der Waals surface area contributed by atoms with E-state index in [2.05, 4.69) is 24.1 Å². The molecule has 0 bridgehead atoms. The van der Waals surface area contributed by atoms with Gasteiger partial charge in [-0.05, 0) is 43.9 Å². The van der Waals surface area contributed by atoms with Crippen LogP contribution >= 0.6 is 0 Å². The Bertz CT molecular complexity index is 528. The molecule has 1 spiro atoms. The second kappa shape index (κ2) is 6.07. The fraction of sp³-hybridized carbons (Fsp3) is 0.611. The van der Waals surface area contributed by atoms with Crippen LogP contribution in [0.5, 0.6) is 0 Å². The standard InChI is InChI=1S/C18H24N2O/c1-20(16-7-5-6-15(12-16)13-19)14-17-8-11-18(21-17)9-3-2-4-10-18/h5-7,12,17H,2-4,8-11,14H2,1H3. The zero-order valence-electron chi connectivity index (χ0n) is 12.8. The van der Waals surface area contributed by atoms with Gasteiger partial charge in [0.1, 0.15) is 0 Å². The molecule has 1 aliphatic heterocycles. The van der Waals surface area contributed by atoms with Gasteiger partial charge in [-0.3, -0.25) is 0 Å². The Kier molecular flexibility index (Phi) is 4.17. The molecule has 0 amide bonds. The van der Waals surface area contributed by atoms with Gasteiger partial charge in [0, 0.05) is 19.3 Å². The molecule has 0 radical (unpaired) electrons. The van der Waals surface area contributed by atoms with E-state index in [9.17, 15) is 0 Å². The number of likely N-dealkylation sites (N-methyl/N-ethyl adjacent to an activating group) is 1. The minimum absolute atomic E-state index is 0.193. The Balaban J connectivity index is 1.60. The molecule has 21 heavy (non-hydrogen) atoms. The van der Waals surface area contributed by atoms with Crippen LogP contribution in [0.1, 0.15) is 50.5 Å². The van der Waals surface area contributed by atoms with Crippen LogP contribution in [0.4, 0.5) is 5.69 Å². The molecular formula is C18H24N2O. The van der Waals surface area contributed by atoms with Gasteiger partial charge < -0.3 is 9.64 Å². The largest absolute Gasteiger partial charge is 0.372 e. The number of hydrogen-bond donors (Lipinski definition) is 0. The van der Waals surface area contributed by atoms with Gasteiger partial charge in [0.2, 0.25) is 0 Å². The maximum Gasteiger partial charge on any atom is 0.0992 e. The molecule has 1 atom stereocenters. The van der Waals surface area contributed by atoms with E-state index >= 15 is 0 Å². The first-order valence-corrected chi connectivity index (χ1v) is 8.10. The first-order chi connectivity index (χ1) is 10.2. The van der Waals surface area contributed by atoms with Gasteiger partial charge >= 0.3 is 0 Å². The van der Waals surface area contributed by atoms with Crippen molar-refractivity contribution in [2.75, 3.05) is 18.5 Å². The van der Waals surface area contributed by atoms with Crippen molar-refractivity contribution in [1.29, 1.82) is 5.26 Å². The van der Waals surface area contributed by atoms with Crippen LogP contribution in [-0.2, 0) is 4.74 Å². The lowest BCUT2D eigenvalue weighted by molar-refractivity contribution is -0.0602. The van der Waals surface area contributed by atoms with Crippen molar-refractivity contribution in [2.45, 2.75) is 56.7 Å². The molecular weight excluding hydrogens is 260 g/mol.